The Morgan fingerprint density at radius 2 is 1.68 bits per heavy atom. The Balaban J connectivity index is 2.09. The molecule has 0 radical (unpaired) electrons. The van der Waals surface area contributed by atoms with Gasteiger partial charge in [-0.15, -0.1) is 0 Å². The van der Waals surface area contributed by atoms with E-state index >= 15 is 0 Å². The largest absolute Gasteiger partial charge is 0.444 e. The summed E-state index contributed by atoms with van der Waals surface area (Å²) < 4.78 is 5.87. The maximum absolute atomic E-state index is 13.1. The number of likely N-dealkylation sites (tertiary alicyclic amines) is 1. The number of benzene rings is 1. The molecule has 0 aromatic heterocycles. The van der Waals surface area contributed by atoms with E-state index in [9.17, 15) is 9.59 Å². The highest BCUT2D eigenvalue weighted by Gasteiger charge is 2.41. The summed E-state index contributed by atoms with van der Waals surface area (Å²) in [6.07, 6.45) is 2.85. The molecule has 0 unspecified atom stereocenters. The van der Waals surface area contributed by atoms with Crippen LogP contribution in [0.2, 0.25) is 0 Å². The van der Waals surface area contributed by atoms with Crippen molar-refractivity contribution < 1.29 is 18.8 Å². The second kappa shape index (κ2) is 9.41. The van der Waals surface area contributed by atoms with Crippen LogP contribution in [0.15, 0.2) is 30.3 Å². The first kappa shape index (κ1) is 22.2. The Labute approximate surface area is 169 Å². The standard InChI is InChI=1S/C22H35N3O3/c1-17(2)25(14-10-7-11-15-25)20(26)23-16-19(18-12-8-6-9-13-18)24-21(27)28-22(3,4)5/h6,8-9,12-13,17,19H,7,10-11,14-16H2,1-5H3,(H-,23,24,26,27)/p+1/t19-/m0/s1. The normalized spacial score (nSPS) is 17.6. The summed E-state index contributed by atoms with van der Waals surface area (Å²) in [5, 5.41) is 6.01. The van der Waals surface area contributed by atoms with E-state index in [-0.39, 0.29) is 18.1 Å². The third kappa shape index (κ3) is 5.96. The highest BCUT2D eigenvalue weighted by Crippen LogP contribution is 2.24. The fraction of sp³-hybridized carbons (Fsp3) is 0.636. The predicted molar refractivity (Wildman–Crippen MR) is 111 cm³/mol. The van der Waals surface area contributed by atoms with Gasteiger partial charge in [0.25, 0.3) is 0 Å². The van der Waals surface area contributed by atoms with Crippen LogP contribution in [-0.2, 0) is 4.74 Å². The molecule has 1 saturated heterocycles. The zero-order valence-corrected chi connectivity index (χ0v) is 18.0. The van der Waals surface area contributed by atoms with Gasteiger partial charge in [0.05, 0.1) is 25.2 Å². The molecule has 6 heteroatoms. The van der Waals surface area contributed by atoms with Gasteiger partial charge in [0.2, 0.25) is 0 Å². The summed E-state index contributed by atoms with van der Waals surface area (Å²) in [5.74, 6) is 0. The molecule has 1 fully saturated rings. The maximum Gasteiger partial charge on any atom is 0.416 e. The Bertz CT molecular complexity index is 647. The van der Waals surface area contributed by atoms with E-state index in [1.54, 1.807) is 0 Å². The second-order valence-corrected chi connectivity index (χ2v) is 8.93. The number of alkyl carbamates (subject to hydrolysis) is 1. The first-order chi connectivity index (χ1) is 13.1. The average molecular weight is 391 g/mol. The van der Waals surface area contributed by atoms with Gasteiger partial charge < -0.3 is 15.4 Å². The molecule has 1 aromatic rings. The number of quaternary nitrogens is 1. The first-order valence-electron chi connectivity index (χ1n) is 10.3. The van der Waals surface area contributed by atoms with Gasteiger partial charge in [-0.2, -0.15) is 0 Å². The van der Waals surface area contributed by atoms with E-state index in [0.29, 0.717) is 11.0 Å². The van der Waals surface area contributed by atoms with E-state index < -0.39 is 11.7 Å². The van der Waals surface area contributed by atoms with Crippen molar-refractivity contribution >= 4 is 12.1 Å². The highest BCUT2D eigenvalue weighted by atomic mass is 16.6. The lowest BCUT2D eigenvalue weighted by molar-refractivity contribution is -0.876. The number of nitrogens with zero attached hydrogens (tertiary/aromatic N) is 1. The van der Waals surface area contributed by atoms with Crippen LogP contribution < -0.4 is 10.6 Å². The molecule has 0 aliphatic carbocycles. The molecule has 1 atom stereocenters. The maximum atomic E-state index is 13.1. The smallest absolute Gasteiger partial charge is 0.416 e. The van der Waals surface area contributed by atoms with E-state index in [1.807, 2.05) is 51.1 Å². The van der Waals surface area contributed by atoms with Gasteiger partial charge in [0.15, 0.2) is 0 Å². The second-order valence-electron chi connectivity index (χ2n) is 8.93. The van der Waals surface area contributed by atoms with E-state index in [4.69, 9.17) is 4.74 Å². The van der Waals surface area contributed by atoms with Crippen molar-refractivity contribution in [3.63, 3.8) is 0 Å². The van der Waals surface area contributed by atoms with Crippen molar-refractivity contribution in [2.45, 2.75) is 71.6 Å². The number of rotatable bonds is 5. The molecule has 1 heterocycles. The van der Waals surface area contributed by atoms with E-state index in [2.05, 4.69) is 24.5 Å². The predicted octanol–water partition coefficient (Wildman–Crippen LogP) is 4.37. The third-order valence-corrected chi connectivity index (χ3v) is 5.36. The lowest BCUT2D eigenvalue weighted by Crippen LogP contribution is -2.63. The number of ether oxygens (including phenoxy) is 1. The molecule has 6 nitrogen and oxygen atoms in total. The minimum Gasteiger partial charge on any atom is -0.444 e. The summed E-state index contributed by atoms with van der Waals surface area (Å²) in [4.78, 5) is 25.4. The minimum absolute atomic E-state index is 0.0432. The SMILES string of the molecule is CC(C)[N+]1(C(=O)NC[C@H](NC(=O)OC(C)(C)C)c2ccccc2)CCCCC1. The number of nitrogens with one attached hydrogen (secondary N) is 2. The number of amides is 3. The van der Waals surface area contributed by atoms with Crippen molar-refractivity contribution in [1.82, 2.24) is 10.6 Å². The monoisotopic (exact) mass is 390 g/mol. The van der Waals surface area contributed by atoms with Gasteiger partial charge in [-0.1, -0.05) is 30.3 Å². The van der Waals surface area contributed by atoms with Gasteiger partial charge >= 0.3 is 12.1 Å². The zero-order chi connectivity index (χ0) is 20.8. The Hall–Kier alpha value is -2.08. The summed E-state index contributed by atoms with van der Waals surface area (Å²) in [6, 6.07) is 9.60. The highest BCUT2D eigenvalue weighted by molar-refractivity contribution is 5.69. The van der Waals surface area contributed by atoms with Gasteiger partial charge in [0.1, 0.15) is 5.60 Å². The topological polar surface area (TPSA) is 67.4 Å². The molecule has 1 aromatic carbocycles. The summed E-state index contributed by atoms with van der Waals surface area (Å²) in [7, 11) is 0. The van der Waals surface area contributed by atoms with Crippen LogP contribution in [0.1, 0.15) is 65.5 Å². The molecule has 3 amide bonds. The van der Waals surface area contributed by atoms with Crippen molar-refractivity contribution in [1.29, 1.82) is 0 Å². The Morgan fingerprint density at radius 1 is 1.07 bits per heavy atom. The first-order valence-corrected chi connectivity index (χ1v) is 10.3. The number of hydrogen-bond donors (Lipinski definition) is 2. The van der Waals surface area contributed by atoms with Gasteiger partial charge in [-0.25, -0.2) is 14.1 Å². The van der Waals surface area contributed by atoms with Crippen LogP contribution in [-0.4, -0.2) is 47.9 Å². The van der Waals surface area contributed by atoms with E-state index in [1.165, 1.54) is 6.42 Å². The molecule has 1 aliphatic rings. The van der Waals surface area contributed by atoms with Crippen LogP contribution in [0.4, 0.5) is 9.59 Å². The van der Waals surface area contributed by atoms with Crippen molar-refractivity contribution in [3.8, 4) is 0 Å². The van der Waals surface area contributed by atoms with Gasteiger partial charge in [-0.05, 0) is 59.4 Å². The van der Waals surface area contributed by atoms with Crippen LogP contribution in [0.5, 0.6) is 0 Å². The number of piperidine rings is 1. The fourth-order valence-corrected chi connectivity index (χ4v) is 3.76. The van der Waals surface area contributed by atoms with Crippen LogP contribution in [0, 0.1) is 0 Å². The van der Waals surface area contributed by atoms with Gasteiger partial charge in [0, 0.05) is 6.54 Å². The number of carbonyl (C=O) groups excluding carboxylic acids is 2. The molecule has 2 N–H and O–H groups in total. The molecule has 2 rings (SSSR count). The lowest BCUT2D eigenvalue weighted by Gasteiger charge is -2.42. The van der Waals surface area contributed by atoms with Crippen LogP contribution in [0.3, 0.4) is 0 Å². The molecule has 0 saturated carbocycles. The van der Waals surface area contributed by atoms with Crippen LogP contribution >= 0.6 is 0 Å². The minimum atomic E-state index is -0.574. The summed E-state index contributed by atoms with van der Waals surface area (Å²) in [5.41, 5.74) is 0.360. The van der Waals surface area contributed by atoms with Crippen molar-refractivity contribution in [2.75, 3.05) is 19.6 Å². The fourth-order valence-electron chi connectivity index (χ4n) is 3.76. The molecular formula is C22H36N3O3+. The number of hydrogen-bond acceptors (Lipinski definition) is 3. The quantitative estimate of drug-likeness (QED) is 0.734. The molecule has 1 aliphatic heterocycles. The van der Waals surface area contributed by atoms with Crippen molar-refractivity contribution in [2.24, 2.45) is 0 Å². The van der Waals surface area contributed by atoms with Gasteiger partial charge in [-0.3, -0.25) is 0 Å². The van der Waals surface area contributed by atoms with Crippen molar-refractivity contribution in [3.05, 3.63) is 35.9 Å². The average Bonchev–Trinajstić information content (AvgIpc) is 2.64. The number of urea groups is 1. The Morgan fingerprint density at radius 3 is 2.21 bits per heavy atom. The summed E-state index contributed by atoms with van der Waals surface area (Å²) >= 11 is 0. The Kier molecular flexibility index (Phi) is 7.47. The third-order valence-electron chi connectivity index (χ3n) is 5.36. The number of carbonyl (C=O) groups is 2. The molecular weight excluding hydrogens is 354 g/mol. The molecule has 0 bridgehead atoms. The summed E-state index contributed by atoms with van der Waals surface area (Å²) in [6.45, 7) is 11.8. The lowest BCUT2D eigenvalue weighted by atomic mass is 10.0. The van der Waals surface area contributed by atoms with E-state index in [0.717, 1.165) is 31.5 Å². The molecule has 156 valence electrons. The molecule has 28 heavy (non-hydrogen) atoms. The molecule has 0 spiro atoms. The zero-order valence-electron chi connectivity index (χ0n) is 18.0. The van der Waals surface area contributed by atoms with Crippen LogP contribution in [0.25, 0.3) is 0 Å².